The van der Waals surface area contributed by atoms with Crippen LogP contribution in [0.5, 0.6) is 0 Å². The molecule has 0 aromatic heterocycles. The summed E-state index contributed by atoms with van der Waals surface area (Å²) >= 11 is 0. The number of hydrogen-bond donors (Lipinski definition) is 0. The van der Waals surface area contributed by atoms with Crippen LogP contribution in [-0.4, -0.2) is 23.9 Å². The second kappa shape index (κ2) is 3.83. The van der Waals surface area contributed by atoms with E-state index in [2.05, 4.69) is 5.16 Å². The van der Waals surface area contributed by atoms with Gasteiger partial charge in [-0.15, -0.1) is 0 Å². The van der Waals surface area contributed by atoms with Gasteiger partial charge in [0.1, 0.15) is 6.10 Å². The predicted octanol–water partition coefficient (Wildman–Crippen LogP) is 2.13. The molecule has 1 aliphatic rings. The number of oxime groups is 1. The van der Waals surface area contributed by atoms with Crippen molar-refractivity contribution in [3.8, 4) is 0 Å². The molecule has 0 saturated carbocycles. The Morgan fingerprint density at radius 2 is 2.20 bits per heavy atom. The summed E-state index contributed by atoms with van der Waals surface area (Å²) < 4.78 is 5.36. The van der Waals surface area contributed by atoms with Gasteiger partial charge in [0.05, 0.1) is 0 Å². The molecule has 0 fully saturated rings. The maximum Gasteiger partial charge on any atom is 0.353 e. The lowest BCUT2D eigenvalue weighted by molar-refractivity contribution is -0.176. The van der Waals surface area contributed by atoms with Crippen LogP contribution in [0.2, 0.25) is 0 Å². The normalized spacial score (nSPS) is 27.3. The molecule has 0 bridgehead atoms. The number of esters is 1. The summed E-state index contributed by atoms with van der Waals surface area (Å²) in [6.45, 7) is 9.66. The van der Waals surface area contributed by atoms with Crippen molar-refractivity contribution in [1.82, 2.24) is 0 Å². The van der Waals surface area contributed by atoms with E-state index in [0.717, 1.165) is 0 Å². The molecule has 0 aromatic rings. The van der Waals surface area contributed by atoms with Crippen molar-refractivity contribution in [1.29, 1.82) is 0 Å². The minimum absolute atomic E-state index is 0.0640. The summed E-state index contributed by atoms with van der Waals surface area (Å²) in [7, 11) is 0. The van der Waals surface area contributed by atoms with Gasteiger partial charge >= 0.3 is 5.97 Å². The molecule has 0 N–H and O–H groups in total. The van der Waals surface area contributed by atoms with Crippen LogP contribution in [0.3, 0.4) is 0 Å². The molecule has 4 heteroatoms. The van der Waals surface area contributed by atoms with Crippen molar-refractivity contribution in [3.63, 3.8) is 0 Å². The van der Waals surface area contributed by atoms with Crippen molar-refractivity contribution >= 4 is 12.2 Å². The van der Waals surface area contributed by atoms with E-state index < -0.39 is 5.60 Å². The highest BCUT2D eigenvalue weighted by Gasteiger charge is 2.41. The predicted molar refractivity (Wildman–Crippen MR) is 57.6 cm³/mol. The van der Waals surface area contributed by atoms with Crippen molar-refractivity contribution in [2.75, 3.05) is 0 Å². The van der Waals surface area contributed by atoms with E-state index in [4.69, 9.17) is 9.57 Å². The van der Waals surface area contributed by atoms with E-state index in [1.54, 1.807) is 13.1 Å². The molecule has 0 saturated heterocycles. The zero-order valence-corrected chi connectivity index (χ0v) is 10.0. The van der Waals surface area contributed by atoms with Crippen LogP contribution in [0.4, 0.5) is 0 Å². The lowest BCUT2D eigenvalue weighted by atomic mass is 9.90. The third-order valence-corrected chi connectivity index (χ3v) is 2.74. The number of nitrogens with zero attached hydrogens (tertiary/aromatic N) is 1. The van der Waals surface area contributed by atoms with E-state index >= 15 is 0 Å². The summed E-state index contributed by atoms with van der Waals surface area (Å²) in [5.41, 5.74) is -0.995. The maximum atomic E-state index is 11.8. The molecule has 2 atom stereocenters. The van der Waals surface area contributed by atoms with Gasteiger partial charge in [-0.2, -0.15) is 0 Å². The van der Waals surface area contributed by atoms with Crippen LogP contribution in [0.25, 0.3) is 0 Å². The molecule has 0 aromatic carbocycles. The first kappa shape index (κ1) is 12.0. The van der Waals surface area contributed by atoms with Crippen LogP contribution >= 0.6 is 0 Å². The fourth-order valence-corrected chi connectivity index (χ4v) is 0.985. The Morgan fingerprint density at radius 3 is 2.60 bits per heavy atom. The van der Waals surface area contributed by atoms with Gasteiger partial charge in [0, 0.05) is 12.6 Å². The quantitative estimate of drug-likeness (QED) is 0.660. The average molecular weight is 213 g/mol. The minimum Gasteiger partial charge on any atom is -0.459 e. The highest BCUT2D eigenvalue weighted by atomic mass is 16.7. The molecule has 2 unspecified atom stereocenters. The summed E-state index contributed by atoms with van der Waals surface area (Å²) in [6, 6.07) is 0. The van der Waals surface area contributed by atoms with Gasteiger partial charge in [-0.05, 0) is 19.3 Å². The molecule has 0 aliphatic carbocycles. The van der Waals surface area contributed by atoms with E-state index in [1.807, 2.05) is 27.7 Å². The van der Waals surface area contributed by atoms with Gasteiger partial charge in [0.15, 0.2) is 0 Å². The van der Waals surface area contributed by atoms with Gasteiger partial charge in [0.2, 0.25) is 5.60 Å². The Bertz CT molecular complexity index is 270. The van der Waals surface area contributed by atoms with Crippen LogP contribution in [0, 0.1) is 5.41 Å². The first-order valence-electron chi connectivity index (χ1n) is 5.17. The fourth-order valence-electron chi connectivity index (χ4n) is 0.985. The molecule has 0 radical (unpaired) electrons. The van der Waals surface area contributed by atoms with E-state index in [1.165, 1.54) is 0 Å². The Hall–Kier alpha value is -1.06. The highest BCUT2D eigenvalue weighted by molar-refractivity contribution is 5.84. The van der Waals surface area contributed by atoms with Crippen molar-refractivity contribution in [2.24, 2.45) is 10.6 Å². The van der Waals surface area contributed by atoms with Gasteiger partial charge in [0.25, 0.3) is 0 Å². The van der Waals surface area contributed by atoms with Crippen LogP contribution < -0.4 is 0 Å². The van der Waals surface area contributed by atoms with Gasteiger partial charge in [-0.25, -0.2) is 4.79 Å². The SMILES string of the molecule is CC(OC(=O)C1(C)CC=NO1)C(C)(C)C. The van der Waals surface area contributed by atoms with Crippen LogP contribution in [0.15, 0.2) is 5.16 Å². The number of hydrogen-bond acceptors (Lipinski definition) is 4. The van der Waals surface area contributed by atoms with Crippen molar-refractivity contribution < 1.29 is 14.4 Å². The molecular weight excluding hydrogens is 194 g/mol. The lowest BCUT2D eigenvalue weighted by Crippen LogP contribution is -2.41. The van der Waals surface area contributed by atoms with E-state index in [-0.39, 0.29) is 17.5 Å². The number of carbonyl (C=O) groups excluding carboxylic acids is 1. The second-order valence-electron chi connectivity index (χ2n) is 5.23. The minimum atomic E-state index is -0.931. The molecular formula is C11H19NO3. The van der Waals surface area contributed by atoms with Gasteiger partial charge in [-0.3, -0.25) is 0 Å². The molecule has 86 valence electrons. The molecule has 1 rings (SSSR count). The summed E-state index contributed by atoms with van der Waals surface area (Å²) in [6.07, 6.45) is 1.91. The number of carbonyl (C=O) groups is 1. The highest BCUT2D eigenvalue weighted by Crippen LogP contribution is 2.27. The van der Waals surface area contributed by atoms with Gasteiger partial charge < -0.3 is 9.57 Å². The smallest absolute Gasteiger partial charge is 0.353 e. The topological polar surface area (TPSA) is 47.9 Å². The van der Waals surface area contributed by atoms with Crippen LogP contribution in [0.1, 0.15) is 41.0 Å². The molecule has 4 nitrogen and oxygen atoms in total. The molecule has 15 heavy (non-hydrogen) atoms. The first-order chi connectivity index (χ1) is 6.76. The lowest BCUT2D eigenvalue weighted by Gasteiger charge is -2.29. The Balaban J connectivity index is 2.56. The monoisotopic (exact) mass is 213 g/mol. The average Bonchev–Trinajstić information content (AvgIpc) is 2.51. The van der Waals surface area contributed by atoms with Gasteiger partial charge in [-0.1, -0.05) is 25.9 Å². The maximum absolute atomic E-state index is 11.8. The molecule has 1 heterocycles. The summed E-state index contributed by atoms with van der Waals surface area (Å²) in [4.78, 5) is 16.8. The van der Waals surface area contributed by atoms with Crippen molar-refractivity contribution in [2.45, 2.75) is 52.7 Å². The molecule has 0 amide bonds. The first-order valence-corrected chi connectivity index (χ1v) is 5.17. The standard InChI is InChI=1S/C11H19NO3/c1-8(10(2,3)4)14-9(13)11(5)6-7-12-15-11/h7-8H,6H2,1-5H3. The Kier molecular flexibility index (Phi) is 3.07. The van der Waals surface area contributed by atoms with Crippen LogP contribution in [-0.2, 0) is 14.4 Å². The Labute approximate surface area is 90.6 Å². The second-order valence-corrected chi connectivity index (χ2v) is 5.23. The zero-order valence-electron chi connectivity index (χ0n) is 10.0. The van der Waals surface area contributed by atoms with Crippen molar-refractivity contribution in [3.05, 3.63) is 0 Å². The summed E-state index contributed by atoms with van der Waals surface area (Å²) in [5.74, 6) is -0.345. The third kappa shape index (κ3) is 2.70. The Morgan fingerprint density at radius 1 is 1.60 bits per heavy atom. The summed E-state index contributed by atoms with van der Waals surface area (Å²) in [5, 5.41) is 3.60. The number of ether oxygens (including phenoxy) is 1. The largest absolute Gasteiger partial charge is 0.459 e. The number of rotatable bonds is 2. The molecule has 0 spiro atoms. The molecule has 1 aliphatic heterocycles. The zero-order chi connectivity index (χ0) is 11.7. The van der Waals surface area contributed by atoms with E-state index in [9.17, 15) is 4.79 Å². The van der Waals surface area contributed by atoms with E-state index in [0.29, 0.717) is 6.42 Å². The fraction of sp³-hybridized carbons (Fsp3) is 0.818. The third-order valence-electron chi connectivity index (χ3n) is 2.74.